The monoisotopic (exact) mass is 380 g/mol. The van der Waals surface area contributed by atoms with Crippen LogP contribution in [0, 0.1) is 13.0 Å². The fraction of sp³-hybridized carbons (Fsp3) is 0.333. The third-order valence-corrected chi connectivity index (χ3v) is 0.885. The second-order valence-corrected chi connectivity index (χ2v) is 1.58. The summed E-state index contributed by atoms with van der Waals surface area (Å²) in [4.78, 5) is 0. The van der Waals surface area contributed by atoms with Gasteiger partial charge in [0, 0.05) is 0 Å². The van der Waals surface area contributed by atoms with Crippen LogP contribution in [0.1, 0.15) is 19.4 Å². The molecule has 64 valence electrons. The smallest absolute Gasteiger partial charge is 0 e. The van der Waals surface area contributed by atoms with E-state index in [-0.39, 0.29) is 0 Å². The molecule has 0 atom stereocenters. The quantitative estimate of drug-likeness (QED) is 0.608. The summed E-state index contributed by atoms with van der Waals surface area (Å²) in [7, 11) is 0. The Kier molecular flexibility index (Phi) is 8.00. The Morgan fingerprint density at radius 2 is 1.50 bits per heavy atom. The average molecular weight is 380 g/mol. The van der Waals surface area contributed by atoms with E-state index in [1.165, 1.54) is 5.56 Å². The van der Waals surface area contributed by atoms with Crippen molar-refractivity contribution in [3.8, 4) is 0 Å². The molecule has 10 heavy (non-hydrogen) atoms. The fourth-order valence-corrected chi connectivity index (χ4v) is 0.470. The summed E-state index contributed by atoms with van der Waals surface area (Å²) >= 11 is 0. The van der Waals surface area contributed by atoms with Crippen molar-refractivity contribution in [2.45, 2.75) is 20.8 Å². The number of benzene rings is 1. The molecule has 0 bridgehead atoms. The van der Waals surface area contributed by atoms with Gasteiger partial charge < -0.3 is 0 Å². The Morgan fingerprint density at radius 1 is 1.10 bits per heavy atom. The van der Waals surface area contributed by atoms with Crippen molar-refractivity contribution < 1.29 is 0 Å². The molecule has 0 aliphatic heterocycles. The molecule has 0 nitrogen and oxygen atoms in total. The Hall–Kier alpha value is -1.78. The van der Waals surface area contributed by atoms with E-state index in [2.05, 4.69) is 13.0 Å². The summed E-state index contributed by atoms with van der Waals surface area (Å²) in [6, 6.07) is 10.8. The van der Waals surface area contributed by atoms with Gasteiger partial charge in [-0.2, -0.15) is 35.9 Å². The van der Waals surface area contributed by atoms with Gasteiger partial charge in [0.2, 0.25) is 0 Å². The second kappa shape index (κ2) is 7.22. The van der Waals surface area contributed by atoms with Crippen molar-refractivity contribution in [2.24, 2.45) is 0 Å². The zero-order valence-electron chi connectivity index (χ0n) is 6.58. The first-order valence-electron chi connectivity index (χ1n) is 3.32. The molecular weight excluding hydrogens is 367 g/mol. The molecule has 0 saturated carbocycles. The standard InChI is InChI=1S/C7H7.C2H6.No/c1-7-5-3-2-4-6-7;1-2;/h3-6H,1H3;1-2H3;/q-1;;. The third-order valence-electron chi connectivity index (χ3n) is 0.885. The molecule has 1 rings (SSSR count). The summed E-state index contributed by atoms with van der Waals surface area (Å²) < 4.78 is 0. The van der Waals surface area contributed by atoms with Crippen LogP contribution in [-0.2, 0) is 0 Å². The van der Waals surface area contributed by atoms with Crippen LogP contribution in [0.5, 0.6) is 0 Å². The van der Waals surface area contributed by atoms with Crippen LogP contribution >= 0.6 is 0 Å². The molecule has 0 fully saturated rings. The molecule has 0 aliphatic carbocycles. The van der Waals surface area contributed by atoms with Crippen molar-refractivity contribution in [3.63, 3.8) is 0 Å². The van der Waals surface area contributed by atoms with Crippen molar-refractivity contribution in [1.82, 2.24) is 0 Å². The van der Waals surface area contributed by atoms with E-state index in [4.69, 9.17) is 0 Å². The van der Waals surface area contributed by atoms with Gasteiger partial charge in [0.25, 0.3) is 0 Å². The Bertz CT molecular complexity index is 135. The summed E-state index contributed by atoms with van der Waals surface area (Å²) in [6.07, 6.45) is 0. The van der Waals surface area contributed by atoms with Crippen molar-refractivity contribution in [1.29, 1.82) is 0 Å². The Morgan fingerprint density at radius 3 is 1.70 bits per heavy atom. The molecule has 1 heteroatoms. The first kappa shape index (κ1) is 11.1. The summed E-state index contributed by atoms with van der Waals surface area (Å²) in [5.74, 6) is 0. The Balaban J connectivity index is 0. The minimum atomic E-state index is 0. The molecule has 0 spiro atoms. The SMILES string of the molecule is CC.Cc1cc[c-]cc1.[No]. The van der Waals surface area contributed by atoms with Gasteiger partial charge in [0.05, 0.1) is 0 Å². The molecule has 0 unspecified atom stereocenters. The van der Waals surface area contributed by atoms with Crippen LogP contribution in [0.25, 0.3) is 0 Å². The molecule has 0 amide bonds. The molecular formula is C9H13No-. The third kappa shape index (κ3) is 4.38. The molecule has 0 N–H and O–H groups in total. The minimum absolute atomic E-state index is 0. The van der Waals surface area contributed by atoms with Crippen molar-refractivity contribution >= 4 is 0 Å². The van der Waals surface area contributed by atoms with E-state index in [9.17, 15) is 0 Å². The Labute approximate surface area is 57.5 Å². The van der Waals surface area contributed by atoms with E-state index >= 15 is 0 Å². The summed E-state index contributed by atoms with van der Waals surface area (Å²) in [5, 5.41) is 0. The van der Waals surface area contributed by atoms with E-state index in [1.807, 2.05) is 38.1 Å². The zero-order chi connectivity index (χ0) is 7.11. The van der Waals surface area contributed by atoms with E-state index in [1.54, 1.807) is 0 Å². The van der Waals surface area contributed by atoms with E-state index < -0.39 is 0 Å². The minimum Gasteiger partial charge on any atom is -0.184 e. The predicted octanol–water partition coefficient (Wildman–Crippen LogP) is 2.82. The second-order valence-electron chi connectivity index (χ2n) is 1.58. The maximum absolute atomic E-state index is 2.93. The van der Waals surface area contributed by atoms with Gasteiger partial charge in [0.1, 0.15) is 0 Å². The van der Waals surface area contributed by atoms with Gasteiger partial charge in [0.15, 0.2) is 0 Å². The number of aryl methyl sites for hydroxylation is 1. The first-order valence-corrected chi connectivity index (χ1v) is 3.32. The molecule has 0 radical (unpaired) electrons. The number of rotatable bonds is 0. The number of hydrogen-bond donors (Lipinski definition) is 0. The van der Waals surface area contributed by atoms with Gasteiger partial charge in [-0.05, 0) is 0 Å². The first-order chi connectivity index (χ1) is 4.39. The molecule has 1 aromatic rings. The maximum Gasteiger partial charge on any atom is 0 e. The average Bonchev–Trinajstić information content (AvgIpc) is 1.94. The van der Waals surface area contributed by atoms with Gasteiger partial charge >= 0.3 is 0 Å². The van der Waals surface area contributed by atoms with Gasteiger partial charge in [-0.25, -0.2) is 0 Å². The van der Waals surface area contributed by atoms with Crippen LogP contribution < -0.4 is 0 Å². The van der Waals surface area contributed by atoms with Gasteiger partial charge in [-0.1, -0.05) is 20.8 Å². The normalized spacial score (nSPS) is 6.70. The largest absolute Gasteiger partial charge is 0.184 e. The molecule has 0 aromatic heterocycles. The van der Waals surface area contributed by atoms with Gasteiger partial charge in [-0.15, -0.1) is 0 Å². The predicted molar refractivity (Wildman–Crippen MR) is 41.4 cm³/mol. The van der Waals surface area contributed by atoms with Crippen LogP contribution in [-0.4, -0.2) is 0 Å². The maximum atomic E-state index is 2.93. The van der Waals surface area contributed by atoms with Crippen LogP contribution in [0.15, 0.2) is 24.3 Å². The van der Waals surface area contributed by atoms with Crippen LogP contribution in [0.4, 0.5) is 0 Å². The van der Waals surface area contributed by atoms with Crippen molar-refractivity contribution in [2.75, 3.05) is 0 Å². The fourth-order valence-electron chi connectivity index (χ4n) is 0.470. The molecule has 0 heterocycles. The summed E-state index contributed by atoms with van der Waals surface area (Å²) in [5.41, 5.74) is 1.29. The molecule has 0 saturated heterocycles. The van der Waals surface area contributed by atoms with Crippen LogP contribution in [0.3, 0.4) is 0 Å². The zero-order valence-corrected chi connectivity index (χ0v) is 8.80. The van der Waals surface area contributed by atoms with Crippen LogP contribution in [0.2, 0.25) is 0 Å². The topological polar surface area (TPSA) is 0 Å². The summed E-state index contributed by atoms with van der Waals surface area (Å²) in [6.45, 7) is 6.06. The van der Waals surface area contributed by atoms with E-state index in [0.717, 1.165) is 0 Å². The van der Waals surface area contributed by atoms with E-state index in [0.29, 0.717) is 0 Å². The molecule has 1 aromatic carbocycles. The van der Waals surface area contributed by atoms with Gasteiger partial charge in [-0.3, -0.25) is 0 Å². The number of hydrogen-bond acceptors (Lipinski definition) is 0. The van der Waals surface area contributed by atoms with Crippen molar-refractivity contribution in [3.05, 3.63) is 35.9 Å². The molecule has 0 aliphatic rings.